The van der Waals surface area contributed by atoms with E-state index < -0.39 is 11.4 Å². The topological polar surface area (TPSA) is 88.5 Å². The zero-order valence-corrected chi connectivity index (χ0v) is 14.5. The second kappa shape index (κ2) is 6.39. The van der Waals surface area contributed by atoms with E-state index in [1.165, 1.54) is 18.4 Å². The van der Waals surface area contributed by atoms with Crippen LogP contribution in [-0.4, -0.2) is 29.1 Å². The summed E-state index contributed by atoms with van der Waals surface area (Å²) in [6.07, 6.45) is 2.81. The van der Waals surface area contributed by atoms with E-state index in [9.17, 15) is 14.7 Å². The molecule has 1 saturated carbocycles. The van der Waals surface area contributed by atoms with Gasteiger partial charge in [0.25, 0.3) is 0 Å². The molecular formula is C17H20N2O4S. The van der Waals surface area contributed by atoms with Gasteiger partial charge in [-0.05, 0) is 25.8 Å². The van der Waals surface area contributed by atoms with Crippen LogP contribution < -0.4 is 10.1 Å². The molecular weight excluding hydrogens is 328 g/mol. The minimum atomic E-state index is -0.928. The zero-order chi connectivity index (χ0) is 17.3. The fourth-order valence-corrected chi connectivity index (χ4v) is 4.20. The largest absolute Gasteiger partial charge is 0.494 e. The summed E-state index contributed by atoms with van der Waals surface area (Å²) in [4.78, 5) is 28.5. The van der Waals surface area contributed by atoms with Gasteiger partial charge in [0.1, 0.15) is 5.75 Å². The number of carbonyl (C=O) groups excluding carboxylic acids is 1. The molecule has 0 bridgehead atoms. The third-order valence-electron chi connectivity index (χ3n) is 4.60. The van der Waals surface area contributed by atoms with E-state index in [1.807, 2.05) is 13.0 Å². The molecule has 0 saturated heterocycles. The van der Waals surface area contributed by atoms with E-state index >= 15 is 0 Å². The Morgan fingerprint density at radius 1 is 1.38 bits per heavy atom. The van der Waals surface area contributed by atoms with Crippen molar-refractivity contribution in [1.29, 1.82) is 0 Å². The molecule has 1 aliphatic carbocycles. The first-order chi connectivity index (χ1) is 11.4. The Hall–Kier alpha value is -2.15. The number of aryl methyl sites for hydroxylation is 1. The second-order valence-corrected chi connectivity index (χ2v) is 7.51. The van der Waals surface area contributed by atoms with Crippen LogP contribution in [0.3, 0.4) is 0 Å². The van der Waals surface area contributed by atoms with E-state index in [4.69, 9.17) is 4.74 Å². The maximum Gasteiger partial charge on any atom is 0.310 e. The van der Waals surface area contributed by atoms with E-state index in [1.54, 1.807) is 6.07 Å². The smallest absolute Gasteiger partial charge is 0.310 e. The van der Waals surface area contributed by atoms with Crippen molar-refractivity contribution in [1.82, 2.24) is 4.98 Å². The molecule has 3 rings (SSSR count). The standard InChI is InChI=1S/C17H20N2O4S/c1-10-18-12-7-13(23-2)11(8-14(12)24-10)19-15(20)9-17(16(21)22)5-3-4-6-17/h7-8H,3-6,9H2,1-2H3,(H,19,20)(H,21,22). The molecule has 0 spiro atoms. The number of ether oxygens (including phenoxy) is 1. The van der Waals surface area contributed by atoms with Crippen LogP contribution in [0.4, 0.5) is 5.69 Å². The molecule has 1 fully saturated rings. The Labute approximate surface area is 143 Å². The molecule has 24 heavy (non-hydrogen) atoms. The number of hydrogen-bond donors (Lipinski definition) is 2. The van der Waals surface area contributed by atoms with Gasteiger partial charge in [-0.2, -0.15) is 0 Å². The fourth-order valence-electron chi connectivity index (χ4n) is 3.36. The summed E-state index contributed by atoms with van der Waals surface area (Å²) >= 11 is 1.54. The number of rotatable bonds is 5. The molecule has 0 radical (unpaired) electrons. The Bertz CT molecular complexity index is 793. The van der Waals surface area contributed by atoms with E-state index in [2.05, 4.69) is 10.3 Å². The lowest BCUT2D eigenvalue weighted by molar-refractivity contribution is -0.150. The maximum absolute atomic E-state index is 12.4. The summed E-state index contributed by atoms with van der Waals surface area (Å²) in [6.45, 7) is 1.92. The number of fused-ring (bicyclic) bond motifs is 1. The highest BCUT2D eigenvalue weighted by molar-refractivity contribution is 7.18. The van der Waals surface area contributed by atoms with Gasteiger partial charge in [-0.3, -0.25) is 9.59 Å². The van der Waals surface area contributed by atoms with Crippen molar-refractivity contribution in [3.63, 3.8) is 0 Å². The average molecular weight is 348 g/mol. The first-order valence-electron chi connectivity index (χ1n) is 7.92. The summed E-state index contributed by atoms with van der Waals surface area (Å²) in [7, 11) is 1.53. The third-order valence-corrected chi connectivity index (χ3v) is 5.54. The molecule has 6 nitrogen and oxygen atoms in total. The fraction of sp³-hybridized carbons (Fsp3) is 0.471. The predicted octanol–water partition coefficient (Wildman–Crippen LogP) is 3.59. The number of carboxylic acid groups (broad SMARTS) is 1. The number of methoxy groups -OCH3 is 1. The van der Waals surface area contributed by atoms with Gasteiger partial charge >= 0.3 is 5.97 Å². The molecule has 0 atom stereocenters. The normalized spacial score (nSPS) is 16.2. The van der Waals surface area contributed by atoms with Gasteiger partial charge < -0.3 is 15.2 Å². The van der Waals surface area contributed by atoms with Crippen LogP contribution in [-0.2, 0) is 9.59 Å². The highest BCUT2D eigenvalue weighted by atomic mass is 32.1. The lowest BCUT2D eigenvalue weighted by atomic mass is 9.82. The number of nitrogens with one attached hydrogen (secondary N) is 1. The summed E-state index contributed by atoms with van der Waals surface area (Å²) in [5.74, 6) is -0.647. The monoisotopic (exact) mass is 348 g/mol. The van der Waals surface area contributed by atoms with E-state index in [-0.39, 0.29) is 12.3 Å². The van der Waals surface area contributed by atoms with Crippen molar-refractivity contribution < 1.29 is 19.4 Å². The number of carbonyl (C=O) groups is 2. The number of anilines is 1. The molecule has 0 unspecified atom stereocenters. The zero-order valence-electron chi connectivity index (χ0n) is 13.7. The van der Waals surface area contributed by atoms with Gasteiger partial charge in [-0.25, -0.2) is 4.98 Å². The van der Waals surface area contributed by atoms with Crippen LogP contribution in [0, 0.1) is 12.3 Å². The number of hydrogen-bond acceptors (Lipinski definition) is 5. The highest BCUT2D eigenvalue weighted by Gasteiger charge is 2.43. The molecule has 2 N–H and O–H groups in total. The third kappa shape index (κ3) is 3.08. The summed E-state index contributed by atoms with van der Waals surface area (Å²) in [6, 6.07) is 3.62. The van der Waals surface area contributed by atoms with E-state index in [0.29, 0.717) is 24.3 Å². The minimum absolute atomic E-state index is 0.00869. The molecule has 1 amide bonds. The lowest BCUT2D eigenvalue weighted by Crippen LogP contribution is -2.32. The van der Waals surface area contributed by atoms with E-state index in [0.717, 1.165) is 28.1 Å². The molecule has 0 aliphatic heterocycles. The van der Waals surface area contributed by atoms with Crippen LogP contribution in [0.2, 0.25) is 0 Å². The van der Waals surface area contributed by atoms with Crippen LogP contribution in [0.25, 0.3) is 10.2 Å². The van der Waals surface area contributed by atoms with Gasteiger partial charge in [0.2, 0.25) is 5.91 Å². The van der Waals surface area contributed by atoms with Gasteiger partial charge in [-0.1, -0.05) is 12.8 Å². The number of aromatic nitrogens is 1. The molecule has 7 heteroatoms. The van der Waals surface area contributed by atoms with Crippen molar-refractivity contribution in [2.45, 2.75) is 39.0 Å². The van der Waals surface area contributed by atoms with Crippen LogP contribution in [0.1, 0.15) is 37.1 Å². The molecule has 1 heterocycles. The van der Waals surface area contributed by atoms with Crippen molar-refractivity contribution in [2.24, 2.45) is 5.41 Å². The molecule has 1 aliphatic rings. The Morgan fingerprint density at radius 2 is 2.08 bits per heavy atom. The first kappa shape index (κ1) is 16.7. The van der Waals surface area contributed by atoms with Crippen molar-refractivity contribution >= 4 is 39.1 Å². The number of carboxylic acids is 1. The Balaban J connectivity index is 1.83. The number of thiazole rings is 1. The SMILES string of the molecule is COc1cc2nc(C)sc2cc1NC(=O)CC1(C(=O)O)CCCC1. The van der Waals surface area contributed by atoms with Gasteiger partial charge in [-0.15, -0.1) is 11.3 Å². The molecule has 1 aromatic carbocycles. The quantitative estimate of drug-likeness (QED) is 0.862. The lowest BCUT2D eigenvalue weighted by Gasteiger charge is -2.23. The number of nitrogens with zero attached hydrogens (tertiary/aromatic N) is 1. The molecule has 2 aromatic rings. The van der Waals surface area contributed by atoms with Crippen LogP contribution >= 0.6 is 11.3 Å². The first-order valence-corrected chi connectivity index (χ1v) is 8.74. The Morgan fingerprint density at radius 3 is 2.71 bits per heavy atom. The maximum atomic E-state index is 12.4. The van der Waals surface area contributed by atoms with Crippen molar-refractivity contribution in [3.05, 3.63) is 17.1 Å². The number of benzene rings is 1. The Kier molecular flexibility index (Phi) is 4.45. The van der Waals surface area contributed by atoms with Crippen molar-refractivity contribution in [2.75, 3.05) is 12.4 Å². The summed E-state index contributed by atoms with van der Waals surface area (Å²) < 4.78 is 6.30. The molecule has 1 aromatic heterocycles. The average Bonchev–Trinajstić information content (AvgIpc) is 3.12. The van der Waals surface area contributed by atoms with Crippen LogP contribution in [0.15, 0.2) is 12.1 Å². The number of aliphatic carboxylic acids is 1. The highest BCUT2D eigenvalue weighted by Crippen LogP contribution is 2.42. The summed E-state index contributed by atoms with van der Waals surface area (Å²) in [5, 5.41) is 13.3. The summed E-state index contributed by atoms with van der Waals surface area (Å²) in [5.41, 5.74) is 0.449. The van der Waals surface area contributed by atoms with Gasteiger partial charge in [0, 0.05) is 12.5 Å². The van der Waals surface area contributed by atoms with Gasteiger partial charge in [0.05, 0.1) is 33.4 Å². The minimum Gasteiger partial charge on any atom is -0.494 e. The number of amides is 1. The molecule has 128 valence electrons. The second-order valence-electron chi connectivity index (χ2n) is 6.27. The van der Waals surface area contributed by atoms with Crippen LogP contribution in [0.5, 0.6) is 5.75 Å². The van der Waals surface area contributed by atoms with Crippen molar-refractivity contribution in [3.8, 4) is 5.75 Å². The predicted molar refractivity (Wildman–Crippen MR) is 92.7 cm³/mol. The van der Waals surface area contributed by atoms with Gasteiger partial charge in [0.15, 0.2) is 0 Å².